The van der Waals surface area contributed by atoms with Crippen LogP contribution in [0.1, 0.15) is 71.6 Å². The monoisotopic (exact) mass is 535 g/mol. The first-order valence-corrected chi connectivity index (χ1v) is 14.6. The third-order valence-corrected chi connectivity index (χ3v) is 12.3. The molecule has 1 saturated heterocycles. The Labute approximate surface area is 225 Å². The molecule has 0 aromatic rings. The van der Waals surface area contributed by atoms with E-state index < -0.39 is 30.1 Å². The third kappa shape index (κ3) is 3.80. The first kappa shape index (κ1) is 27.1. The van der Waals surface area contributed by atoms with E-state index in [0.717, 1.165) is 63.4 Å². The fourth-order valence-corrected chi connectivity index (χ4v) is 10.1. The van der Waals surface area contributed by atoms with Crippen LogP contribution in [-0.4, -0.2) is 88.0 Å². The normalized spacial score (nSPS) is 52.7. The minimum Gasteiger partial charge on any atom is -0.458 e. The highest BCUT2D eigenvalue weighted by molar-refractivity contribution is 5.85. The molecule has 6 rings (SSSR count). The lowest BCUT2D eigenvalue weighted by Crippen LogP contribution is -2.64. The van der Waals surface area contributed by atoms with Gasteiger partial charge < -0.3 is 29.9 Å². The van der Waals surface area contributed by atoms with Crippen LogP contribution in [0.3, 0.4) is 0 Å². The molecular weight excluding hydrogens is 490 g/mol. The number of cyclic esters (lactones) is 1. The predicted octanol–water partition coefficient (Wildman–Crippen LogP) is 1.91. The van der Waals surface area contributed by atoms with Crippen LogP contribution < -0.4 is 0 Å². The lowest BCUT2D eigenvalue weighted by Gasteiger charge is -2.64. The molecule has 9 heteroatoms. The first-order valence-electron chi connectivity index (χ1n) is 14.6. The van der Waals surface area contributed by atoms with Crippen molar-refractivity contribution in [1.29, 1.82) is 0 Å². The van der Waals surface area contributed by atoms with E-state index >= 15 is 0 Å². The van der Waals surface area contributed by atoms with Crippen molar-refractivity contribution < 1.29 is 39.5 Å². The number of hydroxylamine groups is 2. The molecule has 0 radical (unpaired) electrons. The second kappa shape index (κ2) is 9.50. The van der Waals surface area contributed by atoms with Crippen molar-refractivity contribution in [2.24, 2.45) is 34.5 Å². The number of aliphatic hydroxyl groups excluding tert-OH is 3. The molecule has 0 aromatic heterocycles. The van der Waals surface area contributed by atoms with Crippen LogP contribution >= 0.6 is 0 Å². The Morgan fingerprint density at radius 2 is 1.79 bits per heavy atom. The van der Waals surface area contributed by atoms with Gasteiger partial charge in [-0.15, -0.1) is 0 Å². The molecule has 2 heterocycles. The van der Waals surface area contributed by atoms with Gasteiger partial charge in [-0.2, -0.15) is 5.06 Å². The summed E-state index contributed by atoms with van der Waals surface area (Å²) in [4.78, 5) is 17.5. The van der Waals surface area contributed by atoms with Crippen molar-refractivity contribution >= 4 is 5.97 Å². The van der Waals surface area contributed by atoms with E-state index in [1.54, 1.807) is 18.2 Å². The average Bonchev–Trinajstić information content (AvgIpc) is 3.44. The summed E-state index contributed by atoms with van der Waals surface area (Å²) in [5.74, 6) is 1.11. The predicted molar refractivity (Wildman–Crippen MR) is 136 cm³/mol. The molecule has 0 aromatic carbocycles. The van der Waals surface area contributed by atoms with Crippen LogP contribution in [0.4, 0.5) is 0 Å². The van der Waals surface area contributed by atoms with Crippen molar-refractivity contribution in [2.75, 3.05) is 20.3 Å². The highest BCUT2D eigenvalue weighted by Crippen LogP contribution is 2.70. The van der Waals surface area contributed by atoms with Crippen LogP contribution in [0.25, 0.3) is 0 Å². The van der Waals surface area contributed by atoms with E-state index in [4.69, 9.17) is 14.3 Å². The van der Waals surface area contributed by atoms with Crippen molar-refractivity contribution in [3.05, 3.63) is 11.6 Å². The van der Waals surface area contributed by atoms with Crippen LogP contribution in [0.5, 0.6) is 0 Å². The molecule has 12 atom stereocenters. The molecule has 0 bridgehead atoms. The topological polar surface area (TPSA) is 129 Å². The molecule has 3 unspecified atom stereocenters. The number of carbonyl (C=O) groups excluding carboxylic acids is 1. The summed E-state index contributed by atoms with van der Waals surface area (Å²) in [6.07, 6.45) is 5.76. The maximum absolute atomic E-state index is 12.4. The van der Waals surface area contributed by atoms with Gasteiger partial charge in [0.15, 0.2) is 6.23 Å². The Kier molecular flexibility index (Phi) is 6.78. The molecule has 4 saturated carbocycles. The molecule has 214 valence electrons. The lowest BCUT2D eigenvalue weighted by atomic mass is 9.43. The van der Waals surface area contributed by atoms with Gasteiger partial charge >= 0.3 is 5.97 Å². The van der Waals surface area contributed by atoms with Gasteiger partial charge in [-0.3, -0.25) is 4.84 Å². The number of rotatable bonds is 4. The van der Waals surface area contributed by atoms with Gasteiger partial charge in [-0.05, 0) is 92.4 Å². The van der Waals surface area contributed by atoms with Crippen molar-refractivity contribution in [3.63, 3.8) is 0 Å². The summed E-state index contributed by atoms with van der Waals surface area (Å²) in [7, 11) is 1.57. The van der Waals surface area contributed by atoms with Gasteiger partial charge in [0.1, 0.15) is 24.9 Å². The van der Waals surface area contributed by atoms with E-state index in [1.807, 2.05) is 0 Å². The van der Waals surface area contributed by atoms with Gasteiger partial charge in [0.05, 0.1) is 19.3 Å². The van der Waals surface area contributed by atoms with Crippen LogP contribution in [0, 0.1) is 34.5 Å². The van der Waals surface area contributed by atoms with Crippen LogP contribution in [-0.2, 0) is 19.1 Å². The molecule has 4 N–H and O–H groups in total. The van der Waals surface area contributed by atoms with E-state index in [9.17, 15) is 25.2 Å². The zero-order valence-corrected chi connectivity index (χ0v) is 22.9. The van der Waals surface area contributed by atoms with E-state index in [-0.39, 0.29) is 41.3 Å². The largest absolute Gasteiger partial charge is 0.458 e. The third-order valence-electron chi connectivity index (χ3n) is 12.3. The van der Waals surface area contributed by atoms with Gasteiger partial charge in [0, 0.05) is 17.5 Å². The van der Waals surface area contributed by atoms with Gasteiger partial charge in [-0.1, -0.05) is 13.8 Å². The van der Waals surface area contributed by atoms with Crippen LogP contribution in [0.15, 0.2) is 11.6 Å². The average molecular weight is 536 g/mol. The number of aliphatic hydroxyl groups is 4. The summed E-state index contributed by atoms with van der Waals surface area (Å²) >= 11 is 0. The summed E-state index contributed by atoms with van der Waals surface area (Å²) in [6.45, 7) is 5.01. The lowest BCUT2D eigenvalue weighted by molar-refractivity contribution is -0.326. The molecule has 4 aliphatic carbocycles. The smallest absolute Gasteiger partial charge is 0.331 e. The molecule has 2 aliphatic heterocycles. The highest BCUT2D eigenvalue weighted by atomic mass is 16.7. The highest BCUT2D eigenvalue weighted by Gasteiger charge is 2.68. The maximum Gasteiger partial charge on any atom is 0.331 e. The summed E-state index contributed by atoms with van der Waals surface area (Å²) < 4.78 is 11.0. The molecule has 0 amide bonds. The number of esters is 1. The molecule has 9 nitrogen and oxygen atoms in total. The second-order valence-electron chi connectivity index (χ2n) is 13.5. The molecular formula is C29H45NO8. The maximum atomic E-state index is 12.4. The molecule has 6 aliphatic rings. The van der Waals surface area contributed by atoms with Crippen molar-refractivity contribution in [2.45, 2.75) is 108 Å². The first-order chi connectivity index (χ1) is 18.0. The standard InChI is InChI=1S/C29H45NO8/c1-27-9-6-18(30(36-3)26-25(34)24(33)22(31)15-38-26)13-17(27)4-5-21-20(27)7-10-28(2)19(8-11-29(21,28)35)16-12-23(32)37-14-16/h12,17-22,24-26,31,33-35H,4-11,13-15H2,1-3H3/t17?,18-,19+,20-,21?,22-,24-,25-,26?,27-,28+,29-/m0/s1. The quantitative estimate of drug-likeness (QED) is 0.315. The second-order valence-corrected chi connectivity index (χ2v) is 13.5. The van der Waals surface area contributed by atoms with E-state index in [0.29, 0.717) is 18.4 Å². The summed E-state index contributed by atoms with van der Waals surface area (Å²) in [5, 5.41) is 44.9. The Balaban J connectivity index is 1.19. The Morgan fingerprint density at radius 1 is 1.00 bits per heavy atom. The Hall–Kier alpha value is -1.07. The molecule has 0 spiro atoms. The zero-order valence-electron chi connectivity index (χ0n) is 22.9. The number of carbonyl (C=O) groups is 1. The van der Waals surface area contributed by atoms with Gasteiger partial charge in [0.25, 0.3) is 0 Å². The Morgan fingerprint density at radius 3 is 2.50 bits per heavy atom. The number of nitrogens with zero attached hydrogens (tertiary/aromatic N) is 1. The zero-order chi connectivity index (χ0) is 27.0. The Bertz CT molecular complexity index is 974. The number of ether oxygens (including phenoxy) is 2. The fraction of sp³-hybridized carbons (Fsp3) is 0.897. The summed E-state index contributed by atoms with van der Waals surface area (Å²) in [6, 6.07) is 0.0383. The van der Waals surface area contributed by atoms with Gasteiger partial charge in [-0.25, -0.2) is 4.79 Å². The van der Waals surface area contributed by atoms with Crippen LogP contribution in [0.2, 0.25) is 0 Å². The minimum atomic E-state index is -1.27. The van der Waals surface area contributed by atoms with Crippen molar-refractivity contribution in [3.8, 4) is 0 Å². The number of hydrogen-bond acceptors (Lipinski definition) is 9. The molecule has 38 heavy (non-hydrogen) atoms. The fourth-order valence-electron chi connectivity index (χ4n) is 10.1. The number of fused-ring (bicyclic) bond motifs is 5. The van der Waals surface area contributed by atoms with E-state index in [2.05, 4.69) is 13.8 Å². The van der Waals surface area contributed by atoms with E-state index in [1.165, 1.54) is 0 Å². The molecule has 5 fully saturated rings. The van der Waals surface area contributed by atoms with Gasteiger partial charge in [0.2, 0.25) is 0 Å². The minimum absolute atomic E-state index is 0.0383. The van der Waals surface area contributed by atoms with Crippen molar-refractivity contribution in [1.82, 2.24) is 5.06 Å². The number of hydrogen-bond donors (Lipinski definition) is 4. The SMILES string of the molecule is CON(C1OC[C@H](O)[C@H](O)[C@@H]1O)[C@H]1CC[C@@]2(C)C(CCC3[C@@H]2CC[C@]2(C)[C@@H](C4=CC(=O)OC4)CC[C@]32O)C1. The summed E-state index contributed by atoms with van der Waals surface area (Å²) in [5.41, 5.74) is 0.215.